The summed E-state index contributed by atoms with van der Waals surface area (Å²) in [6.45, 7) is 0.474. The van der Waals surface area contributed by atoms with E-state index in [0.717, 1.165) is 0 Å². The van der Waals surface area contributed by atoms with Crippen molar-refractivity contribution in [1.29, 1.82) is 0 Å². The van der Waals surface area contributed by atoms with Crippen molar-refractivity contribution in [2.75, 3.05) is 18.5 Å². The van der Waals surface area contributed by atoms with Gasteiger partial charge in [0.2, 0.25) is 5.91 Å². The van der Waals surface area contributed by atoms with Crippen LogP contribution in [0.1, 0.15) is 23.2 Å². The third-order valence-corrected chi connectivity index (χ3v) is 3.54. The molecule has 1 heterocycles. The van der Waals surface area contributed by atoms with Crippen molar-refractivity contribution >= 4 is 23.3 Å². The summed E-state index contributed by atoms with van der Waals surface area (Å²) in [5.74, 6) is -1.60. The van der Waals surface area contributed by atoms with Gasteiger partial charge in [-0.3, -0.25) is 14.9 Å². The fourth-order valence-electron chi connectivity index (χ4n) is 2.62. The third-order valence-electron chi connectivity index (χ3n) is 3.54. The number of carboxylic acid groups (broad SMARTS) is 1. The number of hydrogen-bond acceptors (Lipinski definition) is 5. The van der Waals surface area contributed by atoms with Gasteiger partial charge in [-0.25, -0.2) is 4.79 Å². The van der Waals surface area contributed by atoms with Gasteiger partial charge in [-0.2, -0.15) is 0 Å². The minimum absolute atomic E-state index is 0.172. The molecule has 2 rings (SSSR count). The highest BCUT2D eigenvalue weighted by molar-refractivity contribution is 5.96. The summed E-state index contributed by atoms with van der Waals surface area (Å²) in [6, 6.07) is 3.60. The van der Waals surface area contributed by atoms with Crippen LogP contribution in [0.5, 0.6) is 0 Å². The molecular formula is C13H15N3O5. The van der Waals surface area contributed by atoms with Gasteiger partial charge in [0.1, 0.15) is 17.3 Å². The van der Waals surface area contributed by atoms with Gasteiger partial charge in [0.25, 0.3) is 0 Å². The predicted molar refractivity (Wildman–Crippen MR) is 74.5 cm³/mol. The molecule has 2 N–H and O–H groups in total. The standard InChI is InChI=1S/C13H15N3O5/c1-14-12(17)10-6-3-7-15(10)9-5-2-4-8(13(18)19)11(9)16(20)21/h2,4-5,10H,3,6-7H2,1H3,(H,14,17)(H,18,19). The first kappa shape index (κ1) is 14.8. The average molecular weight is 293 g/mol. The lowest BCUT2D eigenvalue weighted by molar-refractivity contribution is -0.384. The van der Waals surface area contributed by atoms with Crippen LogP contribution in [-0.4, -0.2) is 41.5 Å². The van der Waals surface area contributed by atoms with E-state index >= 15 is 0 Å². The number of nitro groups is 1. The molecule has 1 fully saturated rings. The van der Waals surface area contributed by atoms with Crippen LogP contribution in [-0.2, 0) is 4.79 Å². The van der Waals surface area contributed by atoms with Gasteiger partial charge in [0, 0.05) is 13.6 Å². The maximum atomic E-state index is 11.9. The first-order chi connectivity index (χ1) is 9.97. The molecule has 1 aromatic carbocycles. The molecule has 1 amide bonds. The molecule has 1 unspecified atom stereocenters. The molecule has 0 radical (unpaired) electrons. The van der Waals surface area contributed by atoms with Gasteiger partial charge < -0.3 is 15.3 Å². The van der Waals surface area contributed by atoms with Crippen LogP contribution in [0.15, 0.2) is 18.2 Å². The Bertz CT molecular complexity index is 601. The summed E-state index contributed by atoms with van der Waals surface area (Å²) in [5, 5.41) is 22.9. The number of likely N-dealkylation sites (N-methyl/N-ethyl adjacent to an activating group) is 1. The lowest BCUT2D eigenvalue weighted by atomic mass is 10.1. The van der Waals surface area contributed by atoms with Crippen molar-refractivity contribution in [2.24, 2.45) is 0 Å². The summed E-state index contributed by atoms with van der Waals surface area (Å²) in [6.07, 6.45) is 1.29. The fourth-order valence-corrected chi connectivity index (χ4v) is 2.62. The van der Waals surface area contributed by atoms with Crippen molar-refractivity contribution in [2.45, 2.75) is 18.9 Å². The Morgan fingerprint density at radius 1 is 1.48 bits per heavy atom. The van der Waals surface area contributed by atoms with E-state index in [0.29, 0.717) is 19.4 Å². The first-order valence-corrected chi connectivity index (χ1v) is 6.46. The lowest BCUT2D eigenvalue weighted by Crippen LogP contribution is -2.42. The number of nitrogens with one attached hydrogen (secondary N) is 1. The van der Waals surface area contributed by atoms with Crippen molar-refractivity contribution in [3.63, 3.8) is 0 Å². The summed E-state index contributed by atoms with van der Waals surface area (Å²) >= 11 is 0. The molecule has 0 spiro atoms. The normalized spacial score (nSPS) is 17.6. The zero-order valence-corrected chi connectivity index (χ0v) is 11.4. The Balaban J connectivity index is 2.53. The Hall–Kier alpha value is -2.64. The lowest BCUT2D eigenvalue weighted by Gasteiger charge is -2.25. The monoisotopic (exact) mass is 293 g/mol. The number of nitro benzene ring substituents is 1. The molecule has 8 nitrogen and oxygen atoms in total. The second-order valence-electron chi connectivity index (χ2n) is 4.70. The van der Waals surface area contributed by atoms with Crippen LogP contribution in [0, 0.1) is 10.1 Å². The van der Waals surface area contributed by atoms with Crippen LogP contribution in [0.4, 0.5) is 11.4 Å². The number of aromatic carboxylic acids is 1. The van der Waals surface area contributed by atoms with Gasteiger partial charge in [-0.05, 0) is 25.0 Å². The fraction of sp³-hybridized carbons (Fsp3) is 0.385. The van der Waals surface area contributed by atoms with E-state index in [1.165, 1.54) is 25.2 Å². The topological polar surface area (TPSA) is 113 Å². The van der Waals surface area contributed by atoms with Crippen LogP contribution in [0.3, 0.4) is 0 Å². The molecule has 0 saturated carbocycles. The quantitative estimate of drug-likeness (QED) is 0.632. The van der Waals surface area contributed by atoms with Gasteiger partial charge in [0.05, 0.1) is 4.92 Å². The smallest absolute Gasteiger partial charge is 0.342 e. The summed E-state index contributed by atoms with van der Waals surface area (Å²) < 4.78 is 0. The number of amides is 1. The molecule has 0 aliphatic carbocycles. The summed E-state index contributed by atoms with van der Waals surface area (Å²) in [4.78, 5) is 35.2. The number of carbonyl (C=O) groups is 2. The zero-order valence-electron chi connectivity index (χ0n) is 11.4. The number of benzene rings is 1. The molecule has 1 aliphatic rings. The number of hydrogen-bond donors (Lipinski definition) is 2. The van der Waals surface area contributed by atoms with E-state index in [-0.39, 0.29) is 17.2 Å². The Morgan fingerprint density at radius 2 is 2.19 bits per heavy atom. The maximum Gasteiger partial charge on any atom is 0.342 e. The number of anilines is 1. The minimum Gasteiger partial charge on any atom is -0.477 e. The van der Waals surface area contributed by atoms with Crippen molar-refractivity contribution in [3.8, 4) is 0 Å². The molecule has 1 aromatic rings. The van der Waals surface area contributed by atoms with Gasteiger partial charge in [-0.1, -0.05) is 6.07 Å². The van der Waals surface area contributed by atoms with E-state index in [1.807, 2.05) is 0 Å². The SMILES string of the molecule is CNC(=O)C1CCCN1c1cccc(C(=O)O)c1[N+](=O)[O-]. The van der Waals surface area contributed by atoms with Crippen molar-refractivity contribution < 1.29 is 19.6 Å². The molecule has 0 bridgehead atoms. The molecule has 1 aliphatic heterocycles. The molecule has 112 valence electrons. The number of rotatable bonds is 4. The predicted octanol–water partition coefficient (Wildman–Crippen LogP) is 1.01. The highest BCUT2D eigenvalue weighted by atomic mass is 16.6. The van der Waals surface area contributed by atoms with Gasteiger partial charge in [0.15, 0.2) is 0 Å². The van der Waals surface area contributed by atoms with E-state index in [1.54, 1.807) is 4.90 Å². The summed E-state index contributed by atoms with van der Waals surface area (Å²) in [5.41, 5.74) is -0.674. The molecule has 1 atom stereocenters. The molecule has 21 heavy (non-hydrogen) atoms. The van der Waals surface area contributed by atoms with Crippen LogP contribution >= 0.6 is 0 Å². The zero-order chi connectivity index (χ0) is 15.6. The van der Waals surface area contributed by atoms with Crippen LogP contribution in [0.25, 0.3) is 0 Å². The second-order valence-corrected chi connectivity index (χ2v) is 4.70. The molecule has 1 saturated heterocycles. The Kier molecular flexibility index (Phi) is 4.06. The van der Waals surface area contributed by atoms with E-state index < -0.39 is 22.6 Å². The highest BCUT2D eigenvalue weighted by Gasteiger charge is 2.36. The number of para-hydroxylation sites is 1. The number of carbonyl (C=O) groups excluding carboxylic acids is 1. The van der Waals surface area contributed by atoms with Crippen molar-refractivity contribution in [1.82, 2.24) is 5.32 Å². The first-order valence-electron chi connectivity index (χ1n) is 6.46. The van der Waals surface area contributed by atoms with Gasteiger partial charge >= 0.3 is 11.7 Å². The van der Waals surface area contributed by atoms with Crippen LogP contribution < -0.4 is 10.2 Å². The Morgan fingerprint density at radius 3 is 2.76 bits per heavy atom. The number of carboxylic acids is 1. The molecule has 8 heteroatoms. The third kappa shape index (κ3) is 2.64. The summed E-state index contributed by atoms with van der Waals surface area (Å²) in [7, 11) is 1.50. The van der Waals surface area contributed by atoms with E-state index in [4.69, 9.17) is 5.11 Å². The highest BCUT2D eigenvalue weighted by Crippen LogP contribution is 2.36. The van der Waals surface area contributed by atoms with Gasteiger partial charge in [-0.15, -0.1) is 0 Å². The minimum atomic E-state index is -1.36. The number of nitrogens with zero attached hydrogens (tertiary/aromatic N) is 2. The van der Waals surface area contributed by atoms with E-state index in [2.05, 4.69) is 5.32 Å². The second kappa shape index (κ2) is 5.78. The molecular weight excluding hydrogens is 278 g/mol. The van der Waals surface area contributed by atoms with Crippen molar-refractivity contribution in [3.05, 3.63) is 33.9 Å². The average Bonchev–Trinajstić information content (AvgIpc) is 2.94. The largest absolute Gasteiger partial charge is 0.477 e. The maximum absolute atomic E-state index is 11.9. The van der Waals surface area contributed by atoms with Crippen LogP contribution in [0.2, 0.25) is 0 Å². The van der Waals surface area contributed by atoms with E-state index in [9.17, 15) is 19.7 Å². The Labute approximate surface area is 120 Å². The molecule has 0 aromatic heterocycles.